The van der Waals surface area contributed by atoms with Gasteiger partial charge in [0, 0.05) is 10.4 Å². The highest BCUT2D eigenvalue weighted by Gasteiger charge is 2.21. The molecule has 0 heterocycles. The Labute approximate surface area is 135 Å². The zero-order valence-electron chi connectivity index (χ0n) is 12.3. The quantitative estimate of drug-likeness (QED) is 0.722. The third-order valence-electron chi connectivity index (χ3n) is 3.62. The lowest BCUT2D eigenvalue weighted by Crippen LogP contribution is -2.21. The van der Waals surface area contributed by atoms with Crippen LogP contribution in [0.5, 0.6) is 0 Å². The SMILES string of the molecule is C=C(C)CC(c1ccc(Br)cc1)C(O)Cc1ccccc1. The van der Waals surface area contributed by atoms with Gasteiger partial charge in [0.2, 0.25) is 0 Å². The molecule has 2 rings (SSSR count). The maximum absolute atomic E-state index is 10.7. The standard InChI is InChI=1S/C19H21BrO/c1-14(2)12-18(16-8-10-17(20)11-9-16)19(21)13-15-6-4-3-5-7-15/h3-11,18-19,21H,1,12-13H2,2H3. The molecule has 0 radical (unpaired) electrons. The van der Waals surface area contributed by atoms with Gasteiger partial charge in [-0.15, -0.1) is 6.58 Å². The summed E-state index contributed by atoms with van der Waals surface area (Å²) in [5, 5.41) is 10.7. The van der Waals surface area contributed by atoms with Gasteiger partial charge in [0.15, 0.2) is 0 Å². The highest BCUT2D eigenvalue weighted by molar-refractivity contribution is 9.10. The molecule has 0 saturated carbocycles. The average Bonchev–Trinajstić information content (AvgIpc) is 2.46. The smallest absolute Gasteiger partial charge is 0.0652 e. The molecule has 2 aromatic carbocycles. The van der Waals surface area contributed by atoms with Gasteiger partial charge in [-0.05, 0) is 43.0 Å². The van der Waals surface area contributed by atoms with Crippen molar-refractivity contribution in [3.63, 3.8) is 0 Å². The van der Waals surface area contributed by atoms with Gasteiger partial charge in [-0.3, -0.25) is 0 Å². The first-order valence-electron chi connectivity index (χ1n) is 7.18. The number of rotatable bonds is 6. The van der Waals surface area contributed by atoms with E-state index in [9.17, 15) is 5.11 Å². The molecule has 2 aromatic rings. The number of hydrogen-bond acceptors (Lipinski definition) is 1. The summed E-state index contributed by atoms with van der Waals surface area (Å²) in [7, 11) is 0. The highest BCUT2D eigenvalue weighted by atomic mass is 79.9. The van der Waals surface area contributed by atoms with Gasteiger partial charge >= 0.3 is 0 Å². The van der Waals surface area contributed by atoms with Gasteiger partial charge in [0.25, 0.3) is 0 Å². The molecule has 2 heteroatoms. The molecule has 0 aromatic heterocycles. The van der Waals surface area contributed by atoms with Crippen LogP contribution in [0.1, 0.15) is 30.4 Å². The van der Waals surface area contributed by atoms with E-state index in [4.69, 9.17) is 0 Å². The van der Waals surface area contributed by atoms with E-state index in [1.165, 1.54) is 0 Å². The summed E-state index contributed by atoms with van der Waals surface area (Å²) in [4.78, 5) is 0. The summed E-state index contributed by atoms with van der Waals surface area (Å²) in [6.07, 6.45) is 1.05. The lowest BCUT2D eigenvalue weighted by molar-refractivity contribution is 0.142. The molecular formula is C19H21BrO. The number of aliphatic hydroxyl groups excluding tert-OH is 1. The first kappa shape index (κ1) is 16.0. The largest absolute Gasteiger partial charge is 0.392 e. The van der Waals surface area contributed by atoms with Gasteiger partial charge < -0.3 is 5.11 Å². The van der Waals surface area contributed by atoms with Crippen LogP contribution >= 0.6 is 15.9 Å². The van der Waals surface area contributed by atoms with Crippen molar-refractivity contribution in [2.45, 2.75) is 31.8 Å². The van der Waals surface area contributed by atoms with Crippen LogP contribution < -0.4 is 0 Å². The van der Waals surface area contributed by atoms with Crippen molar-refractivity contribution >= 4 is 15.9 Å². The second-order valence-electron chi connectivity index (χ2n) is 5.58. The minimum Gasteiger partial charge on any atom is -0.392 e. The Hall–Kier alpha value is -1.38. The summed E-state index contributed by atoms with van der Waals surface area (Å²) in [5.74, 6) is 0.0795. The summed E-state index contributed by atoms with van der Waals surface area (Å²) in [6, 6.07) is 18.3. The number of halogens is 1. The topological polar surface area (TPSA) is 20.2 Å². The molecule has 2 unspecified atom stereocenters. The molecule has 0 aliphatic heterocycles. The van der Waals surface area contributed by atoms with Gasteiger partial charge in [0.05, 0.1) is 6.10 Å². The Bertz CT molecular complexity index is 574. The third-order valence-corrected chi connectivity index (χ3v) is 4.15. The Morgan fingerprint density at radius 2 is 1.71 bits per heavy atom. The Morgan fingerprint density at radius 1 is 1.10 bits per heavy atom. The van der Waals surface area contributed by atoms with Crippen molar-refractivity contribution in [1.29, 1.82) is 0 Å². The predicted octanol–water partition coefficient (Wildman–Crippen LogP) is 5.10. The maximum Gasteiger partial charge on any atom is 0.0652 e. The van der Waals surface area contributed by atoms with E-state index >= 15 is 0 Å². The Balaban J connectivity index is 2.18. The molecule has 0 bridgehead atoms. The molecule has 0 amide bonds. The molecule has 0 saturated heterocycles. The van der Waals surface area contributed by atoms with Gasteiger partial charge in [0.1, 0.15) is 0 Å². The van der Waals surface area contributed by atoms with Gasteiger partial charge in [-0.1, -0.05) is 64.0 Å². The first-order valence-corrected chi connectivity index (χ1v) is 7.97. The van der Waals surface area contributed by atoms with Crippen LogP contribution in [0.25, 0.3) is 0 Å². The van der Waals surface area contributed by atoms with Crippen LogP contribution in [0, 0.1) is 0 Å². The van der Waals surface area contributed by atoms with E-state index in [-0.39, 0.29) is 5.92 Å². The Kier molecular flexibility index (Phi) is 5.77. The summed E-state index contributed by atoms with van der Waals surface area (Å²) >= 11 is 3.46. The fourth-order valence-corrected chi connectivity index (χ4v) is 2.82. The fraction of sp³-hybridized carbons (Fsp3) is 0.263. The third kappa shape index (κ3) is 4.83. The second-order valence-corrected chi connectivity index (χ2v) is 6.49. The molecule has 1 N–H and O–H groups in total. The number of allylic oxidation sites excluding steroid dienone is 1. The summed E-state index contributed by atoms with van der Waals surface area (Å²) in [6.45, 7) is 6.02. The summed E-state index contributed by atoms with van der Waals surface area (Å²) < 4.78 is 1.05. The minimum absolute atomic E-state index is 0.0795. The van der Waals surface area contributed by atoms with Crippen molar-refractivity contribution in [2.24, 2.45) is 0 Å². The molecule has 2 atom stereocenters. The molecule has 0 fully saturated rings. The number of hydrogen-bond donors (Lipinski definition) is 1. The number of aliphatic hydroxyl groups is 1. The van der Waals surface area contributed by atoms with Gasteiger partial charge in [-0.2, -0.15) is 0 Å². The van der Waals surface area contributed by atoms with Crippen LogP contribution in [0.15, 0.2) is 71.2 Å². The van der Waals surface area contributed by atoms with Crippen molar-refractivity contribution in [2.75, 3.05) is 0 Å². The zero-order chi connectivity index (χ0) is 15.2. The van der Waals surface area contributed by atoms with Crippen molar-refractivity contribution < 1.29 is 5.11 Å². The van der Waals surface area contributed by atoms with E-state index in [2.05, 4.69) is 46.8 Å². The monoisotopic (exact) mass is 344 g/mol. The van der Waals surface area contributed by atoms with Crippen LogP contribution in [-0.4, -0.2) is 11.2 Å². The average molecular weight is 345 g/mol. The lowest BCUT2D eigenvalue weighted by Gasteiger charge is -2.24. The minimum atomic E-state index is -0.412. The van der Waals surface area contributed by atoms with E-state index in [0.717, 1.165) is 27.6 Å². The van der Waals surface area contributed by atoms with E-state index in [0.29, 0.717) is 6.42 Å². The zero-order valence-corrected chi connectivity index (χ0v) is 13.9. The number of benzene rings is 2. The predicted molar refractivity (Wildman–Crippen MR) is 92.5 cm³/mol. The fourth-order valence-electron chi connectivity index (χ4n) is 2.56. The molecule has 110 valence electrons. The normalized spacial score (nSPS) is 13.7. The van der Waals surface area contributed by atoms with E-state index < -0.39 is 6.10 Å². The van der Waals surface area contributed by atoms with Crippen molar-refractivity contribution in [1.82, 2.24) is 0 Å². The second kappa shape index (κ2) is 7.58. The van der Waals surface area contributed by atoms with Crippen LogP contribution in [0.2, 0.25) is 0 Å². The Morgan fingerprint density at radius 3 is 2.29 bits per heavy atom. The van der Waals surface area contributed by atoms with E-state index in [1.54, 1.807) is 0 Å². The molecule has 0 spiro atoms. The lowest BCUT2D eigenvalue weighted by atomic mass is 9.85. The van der Waals surface area contributed by atoms with Crippen LogP contribution in [0.4, 0.5) is 0 Å². The van der Waals surface area contributed by atoms with E-state index in [1.807, 2.05) is 37.3 Å². The first-order chi connectivity index (χ1) is 10.1. The van der Waals surface area contributed by atoms with Crippen molar-refractivity contribution in [3.8, 4) is 0 Å². The molecular weight excluding hydrogens is 324 g/mol. The van der Waals surface area contributed by atoms with Crippen LogP contribution in [-0.2, 0) is 6.42 Å². The molecule has 0 aliphatic carbocycles. The van der Waals surface area contributed by atoms with Crippen LogP contribution in [0.3, 0.4) is 0 Å². The van der Waals surface area contributed by atoms with Crippen molar-refractivity contribution in [3.05, 3.63) is 82.3 Å². The molecule has 21 heavy (non-hydrogen) atoms. The molecule has 1 nitrogen and oxygen atoms in total. The molecule has 0 aliphatic rings. The summed E-state index contributed by atoms with van der Waals surface area (Å²) in [5.41, 5.74) is 3.41. The maximum atomic E-state index is 10.7. The van der Waals surface area contributed by atoms with Gasteiger partial charge in [-0.25, -0.2) is 0 Å². The highest BCUT2D eigenvalue weighted by Crippen LogP contribution is 2.29.